The molecule has 5 rings (SSSR count). The first-order valence-electron chi connectivity index (χ1n) is 9.01. The number of imidazole rings is 1. The summed E-state index contributed by atoms with van der Waals surface area (Å²) in [6.45, 7) is 3.71. The van der Waals surface area contributed by atoms with Crippen molar-refractivity contribution in [3.05, 3.63) is 54.1 Å². The van der Waals surface area contributed by atoms with Crippen molar-refractivity contribution in [1.29, 1.82) is 0 Å². The number of aliphatic hydroxyl groups is 1. The van der Waals surface area contributed by atoms with Gasteiger partial charge >= 0.3 is 0 Å². The Bertz CT molecular complexity index is 1090. The molecule has 1 aromatic carbocycles. The Balaban J connectivity index is 0.00000180. The maximum absolute atomic E-state index is 10.9. The molecule has 3 aromatic heterocycles. The van der Waals surface area contributed by atoms with Gasteiger partial charge in [-0.1, -0.05) is 24.3 Å². The topological polar surface area (TPSA) is 78.2 Å². The number of aryl methyl sites for hydroxylation is 1. The van der Waals surface area contributed by atoms with E-state index < -0.39 is 5.60 Å². The minimum atomic E-state index is -0.727. The molecule has 4 heterocycles. The summed E-state index contributed by atoms with van der Waals surface area (Å²) in [6, 6.07) is 10.2. The SMILES string of the molecule is Cc1nc(-c2ccc(C3(O)CCNCC3)cc2)c2cnc3[nH]ccc3n12.Cl. The second-order valence-corrected chi connectivity index (χ2v) is 7.06. The number of halogens is 1. The lowest BCUT2D eigenvalue weighted by atomic mass is 9.85. The quantitative estimate of drug-likeness (QED) is 0.496. The van der Waals surface area contributed by atoms with Gasteiger partial charge in [-0.2, -0.15) is 0 Å². The smallest absolute Gasteiger partial charge is 0.154 e. The van der Waals surface area contributed by atoms with Gasteiger partial charge in [0, 0.05) is 11.8 Å². The molecule has 0 unspecified atom stereocenters. The number of hydrogen-bond donors (Lipinski definition) is 3. The first kappa shape index (κ1) is 18.0. The zero-order valence-electron chi connectivity index (χ0n) is 15.1. The first-order valence-corrected chi connectivity index (χ1v) is 9.01. The van der Waals surface area contributed by atoms with Crippen LogP contribution >= 0.6 is 12.4 Å². The highest BCUT2D eigenvalue weighted by atomic mass is 35.5. The third-order valence-electron chi connectivity index (χ3n) is 5.47. The van der Waals surface area contributed by atoms with Gasteiger partial charge in [0.25, 0.3) is 0 Å². The third kappa shape index (κ3) is 2.81. The van der Waals surface area contributed by atoms with Crippen molar-refractivity contribution in [2.75, 3.05) is 13.1 Å². The van der Waals surface area contributed by atoms with Crippen molar-refractivity contribution in [2.24, 2.45) is 0 Å². The van der Waals surface area contributed by atoms with E-state index in [-0.39, 0.29) is 12.4 Å². The molecule has 6 nitrogen and oxygen atoms in total. The lowest BCUT2D eigenvalue weighted by Crippen LogP contribution is -2.39. The van der Waals surface area contributed by atoms with Gasteiger partial charge in [-0.25, -0.2) is 9.97 Å². The number of aromatic amines is 1. The monoisotopic (exact) mass is 383 g/mol. The molecule has 1 aliphatic heterocycles. The number of rotatable bonds is 2. The van der Waals surface area contributed by atoms with Crippen molar-refractivity contribution >= 4 is 29.1 Å². The normalized spacial score (nSPS) is 16.5. The van der Waals surface area contributed by atoms with E-state index in [1.807, 2.05) is 37.5 Å². The summed E-state index contributed by atoms with van der Waals surface area (Å²) in [5.41, 5.74) is 5.08. The lowest BCUT2D eigenvalue weighted by Gasteiger charge is -2.33. The Kier molecular flexibility index (Phi) is 4.42. The number of fused-ring (bicyclic) bond motifs is 3. The van der Waals surface area contributed by atoms with Gasteiger partial charge < -0.3 is 15.4 Å². The van der Waals surface area contributed by atoms with Crippen LogP contribution in [0.5, 0.6) is 0 Å². The fourth-order valence-electron chi connectivity index (χ4n) is 4.01. The van der Waals surface area contributed by atoms with Crippen LogP contribution in [0.1, 0.15) is 24.2 Å². The van der Waals surface area contributed by atoms with Gasteiger partial charge in [0.1, 0.15) is 5.82 Å². The summed E-state index contributed by atoms with van der Waals surface area (Å²) in [7, 11) is 0. The molecule has 0 radical (unpaired) electrons. The predicted octanol–water partition coefficient (Wildman–Crippen LogP) is 3.18. The van der Waals surface area contributed by atoms with Gasteiger partial charge in [-0.15, -0.1) is 12.4 Å². The number of aromatic nitrogens is 4. The Morgan fingerprint density at radius 2 is 1.81 bits per heavy atom. The molecule has 140 valence electrons. The standard InChI is InChI=1S/C20H21N5O.ClH/c1-13-24-18(17-12-23-19-16(25(13)17)6-9-22-19)14-2-4-15(5-3-14)20(26)7-10-21-11-8-20;/h2-6,9,12,21-22,26H,7-8,10-11H2,1H3;1H. The lowest BCUT2D eigenvalue weighted by molar-refractivity contribution is 0.00595. The average Bonchev–Trinajstić information content (AvgIpc) is 3.26. The zero-order valence-corrected chi connectivity index (χ0v) is 15.9. The van der Waals surface area contributed by atoms with E-state index >= 15 is 0 Å². The molecular formula is C20H22ClN5O. The molecule has 0 amide bonds. The summed E-state index contributed by atoms with van der Waals surface area (Å²) in [4.78, 5) is 12.4. The van der Waals surface area contributed by atoms with Gasteiger partial charge in [0.2, 0.25) is 0 Å². The number of H-pyrrole nitrogens is 1. The van der Waals surface area contributed by atoms with Crippen molar-refractivity contribution in [1.82, 2.24) is 24.7 Å². The highest BCUT2D eigenvalue weighted by molar-refractivity contribution is 5.85. The van der Waals surface area contributed by atoms with E-state index in [0.29, 0.717) is 0 Å². The van der Waals surface area contributed by atoms with Gasteiger partial charge in [0.05, 0.1) is 28.5 Å². The molecular weight excluding hydrogens is 362 g/mol. The predicted molar refractivity (Wildman–Crippen MR) is 108 cm³/mol. The van der Waals surface area contributed by atoms with E-state index in [1.54, 1.807) is 0 Å². The van der Waals surface area contributed by atoms with Gasteiger partial charge in [-0.3, -0.25) is 4.40 Å². The van der Waals surface area contributed by atoms with Crippen LogP contribution in [0.15, 0.2) is 42.7 Å². The average molecular weight is 384 g/mol. The second kappa shape index (κ2) is 6.64. The van der Waals surface area contributed by atoms with Crippen molar-refractivity contribution in [3.63, 3.8) is 0 Å². The highest BCUT2D eigenvalue weighted by Gasteiger charge is 2.31. The molecule has 1 fully saturated rings. The molecule has 3 N–H and O–H groups in total. The fourth-order valence-corrected chi connectivity index (χ4v) is 4.01. The molecule has 0 bridgehead atoms. The highest BCUT2D eigenvalue weighted by Crippen LogP contribution is 2.33. The van der Waals surface area contributed by atoms with Crippen LogP contribution in [-0.2, 0) is 5.60 Å². The molecule has 0 aliphatic carbocycles. The van der Waals surface area contributed by atoms with Gasteiger partial charge in [-0.05, 0) is 44.5 Å². The Morgan fingerprint density at radius 1 is 1.07 bits per heavy atom. The molecule has 1 aliphatic rings. The molecule has 7 heteroatoms. The first-order chi connectivity index (χ1) is 12.7. The number of benzene rings is 1. The Labute approximate surface area is 163 Å². The number of piperidine rings is 1. The van der Waals surface area contributed by atoms with E-state index in [0.717, 1.165) is 65.3 Å². The largest absolute Gasteiger partial charge is 0.385 e. The van der Waals surface area contributed by atoms with E-state index in [9.17, 15) is 5.11 Å². The summed E-state index contributed by atoms with van der Waals surface area (Å²) < 4.78 is 2.13. The summed E-state index contributed by atoms with van der Waals surface area (Å²) >= 11 is 0. The minimum Gasteiger partial charge on any atom is -0.385 e. The summed E-state index contributed by atoms with van der Waals surface area (Å²) in [6.07, 6.45) is 5.25. The Hall–Kier alpha value is -2.41. The van der Waals surface area contributed by atoms with Crippen molar-refractivity contribution in [2.45, 2.75) is 25.4 Å². The van der Waals surface area contributed by atoms with Gasteiger partial charge in [0.15, 0.2) is 5.65 Å². The van der Waals surface area contributed by atoms with E-state index in [2.05, 4.69) is 31.8 Å². The second-order valence-electron chi connectivity index (χ2n) is 7.06. The molecule has 4 aromatic rings. The molecule has 0 saturated carbocycles. The molecule has 0 spiro atoms. The molecule has 27 heavy (non-hydrogen) atoms. The Morgan fingerprint density at radius 3 is 2.56 bits per heavy atom. The number of hydrogen-bond acceptors (Lipinski definition) is 4. The fraction of sp³-hybridized carbons (Fsp3) is 0.300. The number of nitrogens with one attached hydrogen (secondary N) is 2. The summed E-state index contributed by atoms with van der Waals surface area (Å²) in [5, 5.41) is 14.2. The zero-order chi connectivity index (χ0) is 17.7. The van der Waals surface area contributed by atoms with Crippen LogP contribution in [-0.4, -0.2) is 37.5 Å². The van der Waals surface area contributed by atoms with Crippen molar-refractivity contribution < 1.29 is 5.11 Å². The maximum Gasteiger partial charge on any atom is 0.154 e. The van der Waals surface area contributed by atoms with Crippen LogP contribution in [0.3, 0.4) is 0 Å². The third-order valence-corrected chi connectivity index (χ3v) is 5.47. The molecule has 1 saturated heterocycles. The minimum absolute atomic E-state index is 0. The van der Waals surface area contributed by atoms with Crippen LogP contribution in [0.4, 0.5) is 0 Å². The summed E-state index contributed by atoms with van der Waals surface area (Å²) in [5.74, 6) is 0.933. The van der Waals surface area contributed by atoms with Crippen LogP contribution in [0, 0.1) is 6.92 Å². The van der Waals surface area contributed by atoms with Crippen LogP contribution < -0.4 is 5.32 Å². The van der Waals surface area contributed by atoms with Crippen molar-refractivity contribution in [3.8, 4) is 11.3 Å². The maximum atomic E-state index is 10.9. The number of nitrogens with zero attached hydrogens (tertiary/aromatic N) is 3. The van der Waals surface area contributed by atoms with Crippen LogP contribution in [0.25, 0.3) is 27.9 Å². The van der Waals surface area contributed by atoms with E-state index in [4.69, 9.17) is 4.98 Å². The molecule has 0 atom stereocenters. The van der Waals surface area contributed by atoms with Crippen LogP contribution in [0.2, 0.25) is 0 Å². The van der Waals surface area contributed by atoms with E-state index in [1.165, 1.54) is 0 Å².